The van der Waals surface area contributed by atoms with E-state index in [-0.39, 0.29) is 23.7 Å². The van der Waals surface area contributed by atoms with Crippen LogP contribution >= 0.6 is 0 Å². The maximum absolute atomic E-state index is 12.3. The van der Waals surface area contributed by atoms with Crippen LogP contribution in [0.4, 0.5) is 28.1 Å². The molecule has 0 aliphatic carbocycles. The number of nitrogens with zero attached hydrogens (tertiary/aromatic N) is 18. The fraction of sp³-hybridized carbons (Fsp3) is 0.284. The maximum atomic E-state index is 12.3. The minimum Gasteiger partial charge on any atom is -0.444 e. The zero-order valence-corrected chi connectivity index (χ0v) is 59.3. The average Bonchev–Trinajstić information content (AvgIpc) is 1.35. The molecule has 108 heavy (non-hydrogen) atoms. The van der Waals surface area contributed by atoms with Crippen molar-refractivity contribution in [3.8, 4) is 0 Å². The molecule has 34 heteroatoms. The lowest BCUT2D eigenvalue weighted by Gasteiger charge is -2.30. The van der Waals surface area contributed by atoms with Gasteiger partial charge in [0.2, 0.25) is 0 Å². The standard InChI is InChI=1S/C21H23N7O3.C19H17N7O.C18H15N7O.C16H15N7O/c1-21(2,3)30-20(29)28(5)10-9-14-18(22-4)16(13-11-23-25-19(13)24-14)12-7-6-8-15-17(12)27-31-26-15;1-20-18-15(12-4-3-5-14-17(12)25-27-24-14)13-10-21-23-19(13)22-16(18)11-6-8-26(2)9-7-11;1-19-17-14(11-3-2-4-13-16(11)25-26-24-13)12-9-21-23-18(12)22-15(17)10-5-7-20-8-6-10;1-17-7-6-11-15(18-2)13(10-8-19-21-16(10)20-11)9-4-3-5-12-14(9)23-24-22-12/h6-8,11,16H,9-10H2,1-3,5H3,(H2,23,24,25);3-6,10,15H,7-9H2,2H3,(H2,21,22,23);2-5,9,14,20H,6-8H2,(H2,21,22,23);3-5,8,13,17H,6-7H2,1H3,(H2,19,20,21). The highest BCUT2D eigenvalue weighted by molar-refractivity contribution is 5.85. The van der Waals surface area contributed by atoms with E-state index in [9.17, 15) is 4.79 Å². The second-order valence-electron chi connectivity index (χ2n) is 27.1. The lowest BCUT2D eigenvalue weighted by Crippen LogP contribution is -2.35. The second kappa shape index (κ2) is 30.0. The number of aromatic nitrogens is 16. The number of fused-ring (bicyclic) bond motifs is 8. The van der Waals surface area contributed by atoms with Gasteiger partial charge in [-0.1, -0.05) is 60.7 Å². The topological polar surface area (TPSA) is 393 Å². The van der Waals surface area contributed by atoms with Crippen molar-refractivity contribution in [1.82, 2.24) is 102 Å². The first kappa shape index (κ1) is 69.8. The van der Waals surface area contributed by atoms with Gasteiger partial charge >= 0.3 is 6.09 Å². The van der Waals surface area contributed by atoms with Crippen LogP contribution in [-0.4, -0.2) is 164 Å². The number of benzene rings is 4. The first-order chi connectivity index (χ1) is 52.7. The molecular weight excluding hydrogens is 1380 g/mol. The van der Waals surface area contributed by atoms with E-state index >= 15 is 0 Å². The minimum atomic E-state index is -0.574. The molecule has 0 radical (unpaired) electrons. The van der Waals surface area contributed by atoms with E-state index in [1.165, 1.54) is 4.90 Å². The molecule has 1 amide bonds. The van der Waals surface area contributed by atoms with Gasteiger partial charge in [0.1, 0.15) is 73.0 Å². The molecule has 8 aromatic heterocycles. The van der Waals surface area contributed by atoms with Crippen molar-refractivity contribution in [2.75, 3.05) is 81.7 Å². The number of allylic oxidation sites excluding steroid dienone is 6. The quantitative estimate of drug-likeness (QED) is 0.0508. The number of anilines is 4. The van der Waals surface area contributed by atoms with Crippen molar-refractivity contribution >= 4 is 73.5 Å². The molecule has 0 bridgehead atoms. The highest BCUT2D eigenvalue weighted by atomic mass is 16.6. The molecular formula is C74H70N28O6. The van der Waals surface area contributed by atoms with Crippen molar-refractivity contribution in [1.29, 1.82) is 0 Å². The number of aromatic amines is 4. The predicted octanol–water partition coefficient (Wildman–Crippen LogP) is 11.6. The summed E-state index contributed by atoms with van der Waals surface area (Å²) in [6.45, 7) is 41.6. The highest BCUT2D eigenvalue weighted by Crippen LogP contribution is 2.49. The number of hydrogen-bond acceptors (Lipinski definition) is 25. The van der Waals surface area contributed by atoms with E-state index in [4.69, 9.17) is 49.5 Å². The highest BCUT2D eigenvalue weighted by Gasteiger charge is 2.39. The van der Waals surface area contributed by atoms with Crippen molar-refractivity contribution < 1.29 is 28.0 Å². The molecule has 4 atom stereocenters. The predicted molar refractivity (Wildman–Crippen MR) is 396 cm³/mol. The Bertz CT molecular complexity index is 5790. The molecule has 0 saturated heterocycles. The lowest BCUT2D eigenvalue weighted by molar-refractivity contribution is 0.0300. The van der Waals surface area contributed by atoms with Crippen molar-refractivity contribution in [3.05, 3.63) is 257 Å². The van der Waals surface area contributed by atoms with Gasteiger partial charge in [-0.25, -0.2) is 42.7 Å². The average molecular weight is 1450 g/mol. The van der Waals surface area contributed by atoms with Crippen LogP contribution in [0.15, 0.2) is 185 Å². The maximum Gasteiger partial charge on any atom is 0.410 e. The van der Waals surface area contributed by atoms with Gasteiger partial charge in [0.25, 0.3) is 0 Å². The molecule has 542 valence electrons. The van der Waals surface area contributed by atoms with Gasteiger partial charge in [0, 0.05) is 78.3 Å². The number of carbonyl (C=O) groups excluding carboxylic acids is 1. The molecule has 14 heterocycles. The zero-order chi connectivity index (χ0) is 74.6. The molecule has 0 spiro atoms. The fourth-order valence-corrected chi connectivity index (χ4v) is 14.2. The summed E-state index contributed by atoms with van der Waals surface area (Å²) in [7, 11) is 5.66. The summed E-state index contributed by atoms with van der Waals surface area (Å²) in [5.74, 6) is 1.96. The lowest BCUT2D eigenvalue weighted by atomic mass is 9.84. The van der Waals surface area contributed by atoms with Gasteiger partial charge in [-0.05, 0) is 173 Å². The first-order valence-electron chi connectivity index (χ1n) is 34.6. The van der Waals surface area contributed by atoms with Crippen molar-refractivity contribution in [3.63, 3.8) is 0 Å². The molecule has 6 aliphatic heterocycles. The van der Waals surface area contributed by atoms with Crippen LogP contribution in [-0.2, 0) is 4.74 Å². The van der Waals surface area contributed by atoms with Gasteiger partial charge in [0.15, 0.2) is 22.8 Å². The third-order valence-corrected chi connectivity index (χ3v) is 19.3. The van der Waals surface area contributed by atoms with Crippen LogP contribution in [0.2, 0.25) is 0 Å². The largest absolute Gasteiger partial charge is 0.444 e. The van der Waals surface area contributed by atoms with Crippen LogP contribution in [0.1, 0.15) is 115 Å². The molecule has 10 N–H and O–H groups in total. The Hall–Kier alpha value is -13.9. The normalized spacial score (nSPS) is 18.1. The number of ether oxygens (including phenoxy) is 1. The Kier molecular flexibility index (Phi) is 19.4. The molecule has 18 rings (SSSR count). The Morgan fingerprint density at radius 2 is 0.926 bits per heavy atom. The van der Waals surface area contributed by atoms with E-state index in [1.807, 2.05) is 101 Å². The summed E-state index contributed by atoms with van der Waals surface area (Å²) in [6.07, 6.45) is 13.8. The first-order valence-corrected chi connectivity index (χ1v) is 34.6. The molecule has 6 aliphatic rings. The number of rotatable bonds is 12. The summed E-state index contributed by atoms with van der Waals surface area (Å²) in [6, 6.07) is 22.8. The third-order valence-electron chi connectivity index (χ3n) is 19.3. The SMILES string of the molecule is [C-]#[N+]C1=C(C2=CCN(C)CC2)Nc2[nH]ncc2C1c1cccc2nonc12.[C-]#[N+]C1=C(C2=CCNCC2)Nc2[nH]ncc2C1c1cccc2nonc12.[C-]#[N+]C1=C(CCN(C)C(=O)OC(C)(C)C)Nc2[nH]ncc2C1c1cccc2nonc12.[C-]#[N+]C1=C(CCNC)Nc2[nH]ncc2C1c1cccc2nonc12. The van der Waals surface area contributed by atoms with E-state index in [2.05, 4.69) is 157 Å². The van der Waals surface area contributed by atoms with Crippen LogP contribution in [0, 0.1) is 26.3 Å². The van der Waals surface area contributed by atoms with Gasteiger partial charge < -0.3 is 46.4 Å². The molecule has 34 nitrogen and oxygen atoms in total. The number of hydrogen-bond donors (Lipinski definition) is 10. The number of nitrogens with one attached hydrogen (secondary N) is 10. The van der Waals surface area contributed by atoms with E-state index < -0.39 is 11.7 Å². The van der Waals surface area contributed by atoms with Crippen LogP contribution < -0.4 is 31.9 Å². The van der Waals surface area contributed by atoms with Gasteiger partial charge in [-0.15, -0.1) is 0 Å². The molecule has 0 saturated carbocycles. The molecule has 0 fully saturated rings. The summed E-state index contributed by atoms with van der Waals surface area (Å²) >= 11 is 0. The Morgan fingerprint density at radius 1 is 0.537 bits per heavy atom. The summed E-state index contributed by atoms with van der Waals surface area (Å²) in [4.78, 5) is 31.6. The Labute approximate surface area is 615 Å². The fourth-order valence-electron chi connectivity index (χ4n) is 14.2. The summed E-state index contributed by atoms with van der Waals surface area (Å²) < 4.78 is 25.1. The Balaban J connectivity index is 0.000000115. The van der Waals surface area contributed by atoms with E-state index in [0.29, 0.717) is 91.4 Å². The summed E-state index contributed by atoms with van der Waals surface area (Å²) in [5.41, 5.74) is 19.9. The van der Waals surface area contributed by atoms with Gasteiger partial charge in [0.05, 0.1) is 74.7 Å². The van der Waals surface area contributed by atoms with Crippen LogP contribution in [0.3, 0.4) is 0 Å². The van der Waals surface area contributed by atoms with Gasteiger partial charge in [-0.2, -0.15) is 20.4 Å². The zero-order valence-electron chi connectivity index (χ0n) is 59.3. The van der Waals surface area contributed by atoms with Crippen LogP contribution in [0.25, 0.3) is 63.5 Å². The third kappa shape index (κ3) is 13.5. The molecule has 4 aromatic carbocycles. The van der Waals surface area contributed by atoms with Gasteiger partial charge in [-0.3, -0.25) is 20.4 Å². The number of amides is 1. The molecule has 12 aromatic rings. The number of H-pyrrole nitrogens is 4. The van der Waals surface area contributed by atoms with E-state index in [0.717, 1.165) is 142 Å². The smallest absolute Gasteiger partial charge is 0.410 e. The monoisotopic (exact) mass is 1450 g/mol. The van der Waals surface area contributed by atoms with Crippen molar-refractivity contribution in [2.24, 2.45) is 0 Å². The second-order valence-corrected chi connectivity index (χ2v) is 27.1. The van der Waals surface area contributed by atoms with Crippen LogP contribution in [0.5, 0.6) is 0 Å². The number of carbonyl (C=O) groups is 1. The van der Waals surface area contributed by atoms with Crippen molar-refractivity contribution in [2.45, 2.75) is 75.7 Å². The minimum absolute atomic E-state index is 0.250. The number of likely N-dealkylation sites (N-methyl/N-ethyl adjacent to an activating group) is 1. The molecule has 4 unspecified atom stereocenters. The summed E-state index contributed by atoms with van der Waals surface area (Å²) in [5, 5.41) is 80.4. The Morgan fingerprint density at radius 3 is 1.29 bits per heavy atom. The van der Waals surface area contributed by atoms with E-state index in [1.54, 1.807) is 31.8 Å².